The van der Waals surface area contributed by atoms with Crippen LogP contribution < -0.4 is 5.32 Å². The molecule has 0 aliphatic carbocycles. The summed E-state index contributed by atoms with van der Waals surface area (Å²) in [5.74, 6) is -0.0551. The molecule has 2 saturated heterocycles. The predicted molar refractivity (Wildman–Crippen MR) is 97.0 cm³/mol. The normalized spacial score (nSPS) is 24.0. The number of sulfonamides is 1. The molecule has 2 bridgehead atoms. The number of nitrogens with one attached hydrogen (secondary N) is 1. The molecule has 0 radical (unpaired) electrons. The van der Waals surface area contributed by atoms with Gasteiger partial charge >= 0.3 is 0 Å². The van der Waals surface area contributed by atoms with Crippen LogP contribution in [0.3, 0.4) is 0 Å². The van der Waals surface area contributed by atoms with Crippen LogP contribution in [0, 0.1) is 0 Å². The fourth-order valence-corrected chi connectivity index (χ4v) is 5.11. The van der Waals surface area contributed by atoms with E-state index >= 15 is 0 Å². The Balaban J connectivity index is 1.90. The standard InChI is InChI=1S/C18H27N3O3S/c1-13(2)20(3)25(23,24)17-6-4-5-14(11-17)18(22)21-15-7-8-16(21)12-19-10-9-15/h4-6,11,13,15-16,19H,7-10,12H2,1-3H3. The monoisotopic (exact) mass is 365 g/mol. The molecule has 3 rings (SSSR count). The van der Waals surface area contributed by atoms with Crippen LogP contribution in [0.15, 0.2) is 29.2 Å². The van der Waals surface area contributed by atoms with E-state index in [-0.39, 0.29) is 28.9 Å². The van der Waals surface area contributed by atoms with Crippen LogP contribution in [0.5, 0.6) is 0 Å². The van der Waals surface area contributed by atoms with Crippen LogP contribution in [0.1, 0.15) is 43.5 Å². The highest BCUT2D eigenvalue weighted by atomic mass is 32.2. The molecule has 1 N–H and O–H groups in total. The summed E-state index contributed by atoms with van der Waals surface area (Å²) < 4.78 is 26.8. The molecular weight excluding hydrogens is 338 g/mol. The Labute approximate surface area is 150 Å². The number of rotatable bonds is 4. The smallest absolute Gasteiger partial charge is 0.254 e. The number of carbonyl (C=O) groups excluding carboxylic acids is 1. The van der Waals surface area contributed by atoms with Gasteiger partial charge in [-0.2, -0.15) is 4.31 Å². The Bertz CT molecular complexity index is 734. The van der Waals surface area contributed by atoms with Crippen molar-refractivity contribution in [2.75, 3.05) is 20.1 Å². The fourth-order valence-electron chi connectivity index (χ4n) is 3.70. The highest BCUT2D eigenvalue weighted by Gasteiger charge is 2.38. The molecule has 2 fully saturated rings. The highest BCUT2D eigenvalue weighted by molar-refractivity contribution is 7.89. The lowest BCUT2D eigenvalue weighted by atomic mass is 10.1. The van der Waals surface area contributed by atoms with Gasteiger partial charge < -0.3 is 10.2 Å². The van der Waals surface area contributed by atoms with Crippen LogP contribution in [-0.4, -0.2) is 61.8 Å². The van der Waals surface area contributed by atoms with Crippen molar-refractivity contribution in [2.45, 2.75) is 56.1 Å². The average Bonchev–Trinajstić information content (AvgIpc) is 2.86. The molecule has 0 saturated carbocycles. The van der Waals surface area contributed by atoms with Gasteiger partial charge in [-0.25, -0.2) is 8.42 Å². The van der Waals surface area contributed by atoms with Crippen molar-refractivity contribution in [3.8, 4) is 0 Å². The van der Waals surface area contributed by atoms with Crippen molar-refractivity contribution in [1.29, 1.82) is 0 Å². The van der Waals surface area contributed by atoms with Gasteiger partial charge in [-0.1, -0.05) is 6.07 Å². The number of amides is 1. The summed E-state index contributed by atoms with van der Waals surface area (Å²) in [6, 6.07) is 6.78. The van der Waals surface area contributed by atoms with E-state index in [9.17, 15) is 13.2 Å². The van der Waals surface area contributed by atoms with Gasteiger partial charge in [-0.15, -0.1) is 0 Å². The van der Waals surface area contributed by atoms with Gasteiger partial charge in [0.25, 0.3) is 5.91 Å². The molecule has 25 heavy (non-hydrogen) atoms. The largest absolute Gasteiger partial charge is 0.331 e. The molecule has 2 heterocycles. The van der Waals surface area contributed by atoms with Gasteiger partial charge in [-0.05, 0) is 57.9 Å². The van der Waals surface area contributed by atoms with Crippen molar-refractivity contribution in [2.24, 2.45) is 0 Å². The first kappa shape index (κ1) is 18.4. The van der Waals surface area contributed by atoms with E-state index in [1.54, 1.807) is 25.2 Å². The first-order valence-corrected chi connectivity index (χ1v) is 10.4. The SMILES string of the molecule is CC(C)N(C)S(=O)(=O)c1cccc(C(=O)N2C3CCNCC2CC3)c1. The first-order valence-electron chi connectivity index (χ1n) is 8.94. The van der Waals surface area contributed by atoms with Crippen LogP contribution in [0.4, 0.5) is 0 Å². The second kappa shape index (κ2) is 7.05. The second-order valence-electron chi connectivity index (χ2n) is 7.23. The fraction of sp³-hybridized carbons (Fsp3) is 0.611. The molecule has 2 unspecified atom stereocenters. The lowest BCUT2D eigenvalue weighted by molar-refractivity contribution is 0.0680. The molecule has 2 aliphatic rings. The van der Waals surface area contributed by atoms with Crippen molar-refractivity contribution in [3.05, 3.63) is 29.8 Å². The number of benzene rings is 1. The Morgan fingerprint density at radius 3 is 2.68 bits per heavy atom. The van der Waals surface area contributed by atoms with Crippen molar-refractivity contribution in [3.63, 3.8) is 0 Å². The minimum atomic E-state index is -3.59. The summed E-state index contributed by atoms with van der Waals surface area (Å²) in [6.45, 7) is 5.40. The summed E-state index contributed by atoms with van der Waals surface area (Å²) in [7, 11) is -2.03. The number of carbonyl (C=O) groups is 1. The zero-order valence-electron chi connectivity index (χ0n) is 15.1. The third-order valence-electron chi connectivity index (χ3n) is 5.37. The lowest BCUT2D eigenvalue weighted by Crippen LogP contribution is -2.42. The van der Waals surface area contributed by atoms with E-state index < -0.39 is 10.0 Å². The molecule has 2 aliphatic heterocycles. The molecule has 6 nitrogen and oxygen atoms in total. The number of nitrogens with zero attached hydrogens (tertiary/aromatic N) is 2. The maximum atomic E-state index is 13.1. The third kappa shape index (κ3) is 3.45. The number of hydrogen-bond donors (Lipinski definition) is 1. The molecule has 1 aromatic carbocycles. The summed E-state index contributed by atoms with van der Waals surface area (Å²) in [5, 5.41) is 3.38. The maximum Gasteiger partial charge on any atom is 0.254 e. The zero-order valence-corrected chi connectivity index (χ0v) is 15.9. The van der Waals surface area contributed by atoms with Crippen molar-refractivity contribution < 1.29 is 13.2 Å². The summed E-state index contributed by atoms with van der Waals surface area (Å²) in [4.78, 5) is 15.2. The van der Waals surface area contributed by atoms with Crippen LogP contribution in [-0.2, 0) is 10.0 Å². The summed E-state index contributed by atoms with van der Waals surface area (Å²) in [5.41, 5.74) is 0.456. The molecule has 7 heteroatoms. The van der Waals surface area contributed by atoms with Crippen LogP contribution in [0.2, 0.25) is 0 Å². The Kier molecular flexibility index (Phi) is 5.18. The number of hydrogen-bond acceptors (Lipinski definition) is 4. The van der Waals surface area contributed by atoms with Crippen molar-refractivity contribution >= 4 is 15.9 Å². The second-order valence-corrected chi connectivity index (χ2v) is 9.23. The van der Waals surface area contributed by atoms with Gasteiger partial charge in [0, 0.05) is 37.3 Å². The van der Waals surface area contributed by atoms with Crippen molar-refractivity contribution in [1.82, 2.24) is 14.5 Å². The lowest BCUT2D eigenvalue weighted by Gasteiger charge is -2.28. The topological polar surface area (TPSA) is 69.7 Å². The van der Waals surface area contributed by atoms with E-state index in [0.29, 0.717) is 5.56 Å². The number of fused-ring (bicyclic) bond motifs is 2. The molecule has 1 aromatic rings. The third-order valence-corrected chi connectivity index (χ3v) is 7.40. The molecule has 138 valence electrons. The zero-order chi connectivity index (χ0) is 18.2. The summed E-state index contributed by atoms with van der Waals surface area (Å²) >= 11 is 0. The van der Waals surface area contributed by atoms with Gasteiger partial charge in [0.05, 0.1) is 4.90 Å². The molecule has 1 amide bonds. The molecule has 2 atom stereocenters. The maximum absolute atomic E-state index is 13.1. The van der Waals surface area contributed by atoms with Crippen LogP contribution in [0.25, 0.3) is 0 Å². The van der Waals surface area contributed by atoms with E-state index in [2.05, 4.69) is 5.32 Å². The van der Waals surface area contributed by atoms with E-state index in [4.69, 9.17) is 0 Å². The molecule has 0 spiro atoms. The molecule has 0 aromatic heterocycles. The predicted octanol–water partition coefficient (Wildman–Crippen LogP) is 1.68. The van der Waals surface area contributed by atoms with Gasteiger partial charge in [0.1, 0.15) is 0 Å². The average molecular weight is 365 g/mol. The van der Waals surface area contributed by atoms with Crippen LogP contribution >= 0.6 is 0 Å². The Hall–Kier alpha value is -1.44. The summed E-state index contributed by atoms with van der Waals surface area (Å²) in [6.07, 6.45) is 3.00. The van der Waals surface area contributed by atoms with Gasteiger partial charge in [0.2, 0.25) is 10.0 Å². The van der Waals surface area contributed by atoms with E-state index in [1.807, 2.05) is 18.7 Å². The Morgan fingerprint density at radius 2 is 1.96 bits per heavy atom. The van der Waals surface area contributed by atoms with Gasteiger partial charge in [0.15, 0.2) is 0 Å². The molecular formula is C18H27N3O3S. The minimum Gasteiger partial charge on any atom is -0.331 e. The van der Waals surface area contributed by atoms with Gasteiger partial charge in [-0.3, -0.25) is 4.79 Å². The highest BCUT2D eigenvalue weighted by Crippen LogP contribution is 2.30. The van der Waals surface area contributed by atoms with E-state index in [0.717, 1.165) is 32.4 Å². The van der Waals surface area contributed by atoms with E-state index in [1.165, 1.54) is 10.4 Å². The first-order chi connectivity index (χ1) is 11.8. The minimum absolute atomic E-state index is 0.0551. The Morgan fingerprint density at radius 1 is 1.24 bits per heavy atom. The quantitative estimate of drug-likeness (QED) is 0.881.